The fraction of sp³-hybridized carbons (Fsp3) is 0.357. The number of hydrogen-bond acceptors (Lipinski definition) is 1. The molecule has 1 aromatic heterocycles. The van der Waals surface area contributed by atoms with Gasteiger partial charge in [-0.05, 0) is 23.3 Å². The first-order chi connectivity index (χ1) is 8.04. The summed E-state index contributed by atoms with van der Waals surface area (Å²) in [6.07, 6.45) is 5.56. The van der Waals surface area contributed by atoms with Gasteiger partial charge in [0.25, 0.3) is 5.91 Å². The Bertz CT molecular complexity index is 481. The quantitative estimate of drug-likeness (QED) is 0.819. The van der Waals surface area contributed by atoms with Gasteiger partial charge < -0.3 is 10.7 Å². The van der Waals surface area contributed by atoms with E-state index in [4.69, 9.17) is 5.73 Å². The molecule has 3 heteroatoms. The Morgan fingerprint density at radius 3 is 2.47 bits per heavy atom. The number of amides is 1. The van der Waals surface area contributed by atoms with Crippen LogP contribution < -0.4 is 16.3 Å². The Hall–Kier alpha value is -1.77. The number of nitrogens with one attached hydrogen (secondary N) is 1. The molecule has 0 aromatic carbocycles. The summed E-state index contributed by atoms with van der Waals surface area (Å²) in [7, 11) is 0. The van der Waals surface area contributed by atoms with E-state index in [1.807, 2.05) is 19.9 Å². The van der Waals surface area contributed by atoms with Gasteiger partial charge in [-0.25, -0.2) is 0 Å². The summed E-state index contributed by atoms with van der Waals surface area (Å²) in [5.41, 5.74) is 5.63. The van der Waals surface area contributed by atoms with Crippen LogP contribution in [0.2, 0.25) is 0 Å². The highest BCUT2D eigenvalue weighted by molar-refractivity contribution is 5.90. The molecule has 0 unspecified atom stereocenters. The summed E-state index contributed by atoms with van der Waals surface area (Å²) < 4.78 is 0. The summed E-state index contributed by atoms with van der Waals surface area (Å²) in [4.78, 5) is 13.9. The van der Waals surface area contributed by atoms with Crippen molar-refractivity contribution in [2.75, 3.05) is 0 Å². The summed E-state index contributed by atoms with van der Waals surface area (Å²) >= 11 is 0. The first-order valence-corrected chi connectivity index (χ1v) is 5.88. The van der Waals surface area contributed by atoms with E-state index in [-0.39, 0.29) is 0 Å². The Morgan fingerprint density at radius 2 is 2.06 bits per heavy atom. The lowest BCUT2D eigenvalue weighted by molar-refractivity contribution is 0.0996. The second-order valence-electron chi connectivity index (χ2n) is 3.73. The molecule has 0 atom stereocenters. The van der Waals surface area contributed by atoms with Crippen LogP contribution in [0.5, 0.6) is 0 Å². The van der Waals surface area contributed by atoms with Gasteiger partial charge in [0.05, 0.1) is 0 Å². The van der Waals surface area contributed by atoms with Gasteiger partial charge in [0.2, 0.25) is 0 Å². The van der Waals surface area contributed by atoms with Crippen molar-refractivity contribution in [3.8, 4) is 0 Å². The molecule has 3 nitrogen and oxygen atoms in total. The molecule has 1 rings (SSSR count). The van der Waals surface area contributed by atoms with Crippen LogP contribution in [0.1, 0.15) is 38.2 Å². The van der Waals surface area contributed by atoms with Crippen LogP contribution in [0.15, 0.2) is 18.7 Å². The Morgan fingerprint density at radius 1 is 1.47 bits per heavy atom. The van der Waals surface area contributed by atoms with E-state index in [0.29, 0.717) is 11.6 Å². The van der Waals surface area contributed by atoms with E-state index >= 15 is 0 Å². The van der Waals surface area contributed by atoms with Gasteiger partial charge in [-0.2, -0.15) is 0 Å². The highest BCUT2D eigenvalue weighted by Gasteiger charge is 2.02. The molecule has 0 saturated heterocycles. The van der Waals surface area contributed by atoms with Gasteiger partial charge >= 0.3 is 0 Å². The van der Waals surface area contributed by atoms with Gasteiger partial charge in [0.15, 0.2) is 0 Å². The van der Waals surface area contributed by atoms with Crippen LogP contribution in [-0.2, 0) is 0 Å². The fourth-order valence-electron chi connectivity index (χ4n) is 1.37. The average Bonchev–Trinajstić information content (AvgIpc) is 2.64. The highest BCUT2D eigenvalue weighted by atomic mass is 16.1. The molecule has 3 N–H and O–H groups in total. The Labute approximate surface area is 103 Å². The van der Waals surface area contributed by atoms with Crippen LogP contribution in [0.3, 0.4) is 0 Å². The average molecular weight is 234 g/mol. The van der Waals surface area contributed by atoms with E-state index < -0.39 is 5.91 Å². The van der Waals surface area contributed by atoms with E-state index in [1.165, 1.54) is 0 Å². The Kier molecular flexibility index (Phi) is 6.71. The zero-order valence-electron chi connectivity index (χ0n) is 11.1. The first kappa shape index (κ1) is 15.2. The van der Waals surface area contributed by atoms with Crippen molar-refractivity contribution in [1.82, 2.24) is 4.98 Å². The molecule has 1 heterocycles. The number of nitrogens with two attached hydrogens (primary N) is 1. The van der Waals surface area contributed by atoms with Crippen molar-refractivity contribution in [2.45, 2.75) is 27.7 Å². The van der Waals surface area contributed by atoms with Crippen LogP contribution in [0.25, 0.3) is 12.2 Å². The topological polar surface area (TPSA) is 58.9 Å². The lowest BCUT2D eigenvalue weighted by Gasteiger charge is -1.90. The minimum atomic E-state index is -0.447. The smallest absolute Gasteiger partial charge is 0.265 e. The number of rotatable bonds is 3. The maximum Gasteiger partial charge on any atom is 0.265 e. The molecule has 17 heavy (non-hydrogen) atoms. The maximum absolute atomic E-state index is 11.0. The maximum atomic E-state index is 11.0. The lowest BCUT2D eigenvalue weighted by Crippen LogP contribution is -2.22. The number of hydrogen-bond donors (Lipinski definition) is 2. The molecule has 0 radical (unpaired) electrons. The molecule has 1 amide bonds. The van der Waals surface area contributed by atoms with Crippen molar-refractivity contribution in [2.24, 2.45) is 11.7 Å². The molecular weight excluding hydrogens is 212 g/mol. The number of aromatic nitrogens is 1. The summed E-state index contributed by atoms with van der Waals surface area (Å²) in [5, 5.41) is 1.85. The third-order valence-corrected chi connectivity index (χ3v) is 1.94. The molecule has 0 aliphatic heterocycles. The van der Waals surface area contributed by atoms with Crippen molar-refractivity contribution < 1.29 is 4.79 Å². The molecule has 0 aliphatic carbocycles. The van der Waals surface area contributed by atoms with Crippen LogP contribution >= 0.6 is 0 Å². The van der Waals surface area contributed by atoms with E-state index in [1.54, 1.807) is 12.1 Å². The van der Waals surface area contributed by atoms with E-state index in [0.717, 1.165) is 10.6 Å². The van der Waals surface area contributed by atoms with Gasteiger partial charge in [-0.15, -0.1) is 0 Å². The minimum Gasteiger partial charge on any atom is -0.364 e. The third kappa shape index (κ3) is 4.72. The number of carbonyl (C=O) groups excluding carboxylic acids is 1. The zero-order valence-corrected chi connectivity index (χ0v) is 11.1. The largest absolute Gasteiger partial charge is 0.364 e. The predicted octanol–water partition coefficient (Wildman–Crippen LogP) is 1.54. The van der Waals surface area contributed by atoms with Crippen molar-refractivity contribution in [3.05, 3.63) is 35.0 Å². The number of H-pyrrole nitrogens is 1. The number of allylic oxidation sites excluding steroid dienone is 1. The predicted molar refractivity (Wildman–Crippen MR) is 73.9 cm³/mol. The first-order valence-electron chi connectivity index (χ1n) is 5.88. The van der Waals surface area contributed by atoms with Gasteiger partial charge in [0, 0.05) is 5.35 Å². The normalized spacial score (nSPS) is 12.3. The molecule has 0 bridgehead atoms. The van der Waals surface area contributed by atoms with Crippen molar-refractivity contribution in [3.63, 3.8) is 0 Å². The van der Waals surface area contributed by atoms with Gasteiger partial charge in [0.1, 0.15) is 5.69 Å². The molecule has 0 saturated carbocycles. The molecular formula is C14H22N2O. The number of carbonyl (C=O) groups is 1. The van der Waals surface area contributed by atoms with Crippen LogP contribution in [0.4, 0.5) is 0 Å². The van der Waals surface area contributed by atoms with Crippen LogP contribution in [0, 0.1) is 5.92 Å². The van der Waals surface area contributed by atoms with Gasteiger partial charge in [-0.1, -0.05) is 46.4 Å². The van der Waals surface area contributed by atoms with Crippen molar-refractivity contribution >= 4 is 18.1 Å². The second-order valence-corrected chi connectivity index (χ2v) is 3.73. The molecule has 1 aromatic rings. The fourth-order valence-corrected chi connectivity index (χ4v) is 1.37. The summed E-state index contributed by atoms with van der Waals surface area (Å²) in [6.45, 7) is 11.8. The molecule has 0 aliphatic rings. The Balaban J connectivity index is 0.00000121. The standard InChI is InChI=1S/C12H16N2O.C2H6/c1-4-5-10-9(6-8(2)3)7-11(14-10)12(13)15;1-2/h4-8,14H,1H2,2-3H3,(H2,13,15);1-2H3/b9-6-,10-5+;. The van der Waals surface area contributed by atoms with E-state index in [2.05, 4.69) is 31.5 Å². The number of primary amides is 1. The van der Waals surface area contributed by atoms with E-state index in [9.17, 15) is 4.79 Å². The monoisotopic (exact) mass is 234 g/mol. The van der Waals surface area contributed by atoms with Gasteiger partial charge in [-0.3, -0.25) is 4.79 Å². The second kappa shape index (κ2) is 7.49. The van der Waals surface area contributed by atoms with Crippen LogP contribution in [-0.4, -0.2) is 10.9 Å². The van der Waals surface area contributed by atoms with Crippen molar-refractivity contribution in [1.29, 1.82) is 0 Å². The SMILES string of the molecule is C=C/C=c1/[nH]c(C(N)=O)c/c1=C/C(C)C.CC. The number of aromatic amines is 1. The lowest BCUT2D eigenvalue weighted by atomic mass is 10.2. The zero-order chi connectivity index (χ0) is 13.4. The molecule has 0 spiro atoms. The third-order valence-electron chi connectivity index (χ3n) is 1.94. The summed E-state index contributed by atoms with van der Waals surface area (Å²) in [5.74, 6) is -0.0318. The molecule has 0 fully saturated rings. The molecule has 94 valence electrons. The minimum absolute atomic E-state index is 0.415. The highest BCUT2D eigenvalue weighted by Crippen LogP contribution is 1.92. The summed E-state index contributed by atoms with van der Waals surface area (Å²) in [6, 6.07) is 1.76.